The van der Waals surface area contributed by atoms with Crippen LogP contribution in [0.5, 0.6) is 0 Å². The lowest BCUT2D eigenvalue weighted by atomic mass is 9.99. The number of aromatic nitrogens is 4. The topological polar surface area (TPSA) is 121 Å². The maximum Gasteiger partial charge on any atom is 0.187 e. The van der Waals surface area contributed by atoms with Crippen molar-refractivity contribution in [3.8, 4) is 22.5 Å². The summed E-state index contributed by atoms with van der Waals surface area (Å²) >= 11 is 0. The lowest BCUT2D eigenvalue weighted by molar-refractivity contribution is 0.0989. The molecule has 4 rings (SSSR count). The molecule has 0 spiro atoms. The van der Waals surface area contributed by atoms with E-state index in [1.165, 1.54) is 5.56 Å². The molecule has 0 aliphatic heterocycles. The largest absolute Gasteiger partial charge is 0.397 e. The van der Waals surface area contributed by atoms with Crippen LogP contribution in [0.3, 0.4) is 0 Å². The number of carbonyl (C=O) groups is 1. The fraction of sp³-hybridized carbons (Fsp3) is 0.160. The summed E-state index contributed by atoms with van der Waals surface area (Å²) in [5.74, 6) is 0.737. The molecule has 0 unspecified atom stereocenters. The predicted octanol–water partition coefficient (Wildman–Crippen LogP) is 4.06. The maximum absolute atomic E-state index is 13.2. The number of anilines is 2. The zero-order chi connectivity index (χ0) is 22.7. The molecule has 0 aliphatic carbocycles. The first-order valence-electron chi connectivity index (χ1n) is 10.4. The number of nitrogen functional groups attached to an aromatic ring is 2. The number of pyridine rings is 2. The molecule has 3 heterocycles. The predicted molar refractivity (Wildman–Crippen MR) is 126 cm³/mol. The van der Waals surface area contributed by atoms with Crippen LogP contribution in [0.25, 0.3) is 22.5 Å². The van der Waals surface area contributed by atoms with Gasteiger partial charge in [0.05, 0.1) is 17.1 Å². The first-order chi connectivity index (χ1) is 15.4. The number of Topliss-reactive ketones (excluding diaryl/α,β-unsaturated/α-hetero) is 1. The molecule has 0 saturated carbocycles. The molecule has 32 heavy (non-hydrogen) atoms. The number of aryl methyl sites for hydroxylation is 2. The summed E-state index contributed by atoms with van der Waals surface area (Å²) in [5, 5.41) is 0. The summed E-state index contributed by atoms with van der Waals surface area (Å²) in [7, 11) is 0. The molecule has 1 aromatic carbocycles. The third kappa shape index (κ3) is 4.46. The standard InChI is InChI=1S/C25H24N6O/c1-3-16-5-4-6-17(11-16)21-8-7-20(26)25(31-21)23(32)12-18-14-28-10-9-19(18)22-13-24(27)30-15(2)29-22/h4-11,13-14H,3,12,26H2,1-2H3,(H2,27,29,30). The van der Waals surface area contributed by atoms with Crippen LogP contribution in [0, 0.1) is 6.92 Å². The average molecular weight is 425 g/mol. The number of nitrogens with zero attached hydrogens (tertiary/aromatic N) is 4. The van der Waals surface area contributed by atoms with Gasteiger partial charge in [-0.1, -0.05) is 25.1 Å². The van der Waals surface area contributed by atoms with Crippen molar-refractivity contribution >= 4 is 17.3 Å². The van der Waals surface area contributed by atoms with Crippen molar-refractivity contribution in [3.63, 3.8) is 0 Å². The molecule has 7 nitrogen and oxygen atoms in total. The van der Waals surface area contributed by atoms with Gasteiger partial charge in [-0.3, -0.25) is 9.78 Å². The van der Waals surface area contributed by atoms with E-state index < -0.39 is 0 Å². The molecule has 0 saturated heterocycles. The molecular formula is C25H24N6O. The summed E-state index contributed by atoms with van der Waals surface area (Å²) in [4.78, 5) is 30.6. The van der Waals surface area contributed by atoms with Crippen LogP contribution in [-0.4, -0.2) is 25.7 Å². The van der Waals surface area contributed by atoms with Crippen LogP contribution in [0.4, 0.5) is 11.5 Å². The van der Waals surface area contributed by atoms with E-state index in [1.807, 2.05) is 24.3 Å². The smallest absolute Gasteiger partial charge is 0.187 e. The highest BCUT2D eigenvalue weighted by Gasteiger charge is 2.17. The Hall–Kier alpha value is -4.13. The second kappa shape index (κ2) is 8.93. The summed E-state index contributed by atoms with van der Waals surface area (Å²) < 4.78 is 0. The van der Waals surface area contributed by atoms with Gasteiger partial charge in [0.15, 0.2) is 5.78 Å². The fourth-order valence-corrected chi connectivity index (χ4v) is 3.61. The van der Waals surface area contributed by atoms with Gasteiger partial charge in [-0.2, -0.15) is 0 Å². The van der Waals surface area contributed by atoms with E-state index in [4.69, 9.17) is 11.5 Å². The number of hydrogen-bond acceptors (Lipinski definition) is 7. The van der Waals surface area contributed by atoms with Crippen molar-refractivity contribution in [1.29, 1.82) is 0 Å². The van der Waals surface area contributed by atoms with Crippen molar-refractivity contribution in [1.82, 2.24) is 19.9 Å². The molecule has 0 radical (unpaired) electrons. The average Bonchev–Trinajstić information content (AvgIpc) is 2.79. The SMILES string of the molecule is CCc1cccc(-c2ccc(N)c(C(=O)Cc3cnccc3-c3cc(N)nc(C)n3)n2)c1. The Bertz CT molecular complexity index is 1280. The van der Waals surface area contributed by atoms with Gasteiger partial charge in [-0.15, -0.1) is 0 Å². The van der Waals surface area contributed by atoms with E-state index in [2.05, 4.69) is 39.0 Å². The lowest BCUT2D eigenvalue weighted by Gasteiger charge is -2.11. The van der Waals surface area contributed by atoms with E-state index in [0.29, 0.717) is 28.7 Å². The zero-order valence-electron chi connectivity index (χ0n) is 18.0. The number of benzene rings is 1. The van der Waals surface area contributed by atoms with Crippen molar-refractivity contribution in [3.05, 3.63) is 83.6 Å². The first-order valence-corrected chi connectivity index (χ1v) is 10.4. The van der Waals surface area contributed by atoms with Gasteiger partial charge in [0.2, 0.25) is 0 Å². The molecule has 4 N–H and O–H groups in total. The van der Waals surface area contributed by atoms with Gasteiger partial charge >= 0.3 is 0 Å². The van der Waals surface area contributed by atoms with E-state index in [1.54, 1.807) is 31.5 Å². The molecular weight excluding hydrogens is 400 g/mol. The highest BCUT2D eigenvalue weighted by atomic mass is 16.1. The van der Waals surface area contributed by atoms with Crippen LogP contribution >= 0.6 is 0 Å². The van der Waals surface area contributed by atoms with E-state index >= 15 is 0 Å². The Kier molecular flexibility index (Phi) is 5.89. The molecule has 0 aliphatic rings. The van der Waals surface area contributed by atoms with Gasteiger partial charge in [-0.25, -0.2) is 15.0 Å². The fourth-order valence-electron chi connectivity index (χ4n) is 3.61. The number of hydrogen-bond donors (Lipinski definition) is 2. The Balaban J connectivity index is 1.68. The normalized spacial score (nSPS) is 10.8. The molecule has 160 valence electrons. The summed E-state index contributed by atoms with van der Waals surface area (Å²) in [6.07, 6.45) is 4.32. The Morgan fingerprint density at radius 2 is 1.81 bits per heavy atom. The number of rotatable bonds is 6. The summed E-state index contributed by atoms with van der Waals surface area (Å²) in [6, 6.07) is 15.2. The Labute approximate surface area is 186 Å². The molecule has 4 aromatic rings. The van der Waals surface area contributed by atoms with Crippen LogP contribution in [-0.2, 0) is 12.8 Å². The minimum Gasteiger partial charge on any atom is -0.397 e. The van der Waals surface area contributed by atoms with Gasteiger partial charge in [0, 0.05) is 36.0 Å². The quantitative estimate of drug-likeness (QED) is 0.448. The lowest BCUT2D eigenvalue weighted by Crippen LogP contribution is -2.11. The van der Waals surface area contributed by atoms with E-state index in [0.717, 1.165) is 23.1 Å². The van der Waals surface area contributed by atoms with Crippen molar-refractivity contribution in [2.45, 2.75) is 26.7 Å². The van der Waals surface area contributed by atoms with E-state index in [9.17, 15) is 4.79 Å². The number of carbonyl (C=O) groups excluding carboxylic acids is 1. The molecule has 0 fully saturated rings. The molecule has 7 heteroatoms. The molecule has 0 bridgehead atoms. The van der Waals surface area contributed by atoms with E-state index in [-0.39, 0.29) is 17.9 Å². The highest BCUT2D eigenvalue weighted by molar-refractivity contribution is 6.01. The second-order valence-electron chi connectivity index (χ2n) is 7.55. The van der Waals surface area contributed by atoms with Gasteiger partial charge in [0.1, 0.15) is 17.3 Å². The number of nitrogens with two attached hydrogens (primary N) is 2. The second-order valence-corrected chi connectivity index (χ2v) is 7.55. The van der Waals surface area contributed by atoms with Crippen LogP contribution in [0.15, 0.2) is 60.9 Å². The minimum absolute atomic E-state index is 0.0851. The first kappa shape index (κ1) is 21.1. The Morgan fingerprint density at radius 1 is 0.969 bits per heavy atom. The summed E-state index contributed by atoms with van der Waals surface area (Å²) in [6.45, 7) is 3.87. The van der Waals surface area contributed by atoms with Gasteiger partial charge < -0.3 is 11.5 Å². The third-order valence-corrected chi connectivity index (χ3v) is 5.21. The molecule has 0 amide bonds. The monoisotopic (exact) mass is 424 g/mol. The number of ketones is 1. The van der Waals surface area contributed by atoms with Crippen molar-refractivity contribution in [2.24, 2.45) is 0 Å². The highest BCUT2D eigenvalue weighted by Crippen LogP contribution is 2.26. The Morgan fingerprint density at radius 3 is 2.59 bits per heavy atom. The molecule has 3 aromatic heterocycles. The molecule has 0 atom stereocenters. The van der Waals surface area contributed by atoms with Crippen LogP contribution < -0.4 is 11.5 Å². The maximum atomic E-state index is 13.2. The van der Waals surface area contributed by atoms with Gasteiger partial charge in [0.25, 0.3) is 0 Å². The van der Waals surface area contributed by atoms with Crippen LogP contribution in [0.2, 0.25) is 0 Å². The summed E-state index contributed by atoms with van der Waals surface area (Å²) in [5.41, 5.74) is 17.6. The third-order valence-electron chi connectivity index (χ3n) is 5.21. The zero-order valence-corrected chi connectivity index (χ0v) is 18.0. The van der Waals surface area contributed by atoms with Crippen molar-refractivity contribution < 1.29 is 4.79 Å². The van der Waals surface area contributed by atoms with Crippen molar-refractivity contribution in [2.75, 3.05) is 11.5 Å². The van der Waals surface area contributed by atoms with Gasteiger partial charge in [-0.05, 0) is 48.7 Å². The van der Waals surface area contributed by atoms with Crippen LogP contribution in [0.1, 0.15) is 34.4 Å². The minimum atomic E-state index is -0.191.